The van der Waals surface area contributed by atoms with Gasteiger partial charge in [-0.25, -0.2) is 9.98 Å². The van der Waals surface area contributed by atoms with E-state index in [2.05, 4.69) is 37.3 Å². The van der Waals surface area contributed by atoms with Crippen LogP contribution in [0.1, 0.15) is 32.5 Å². The van der Waals surface area contributed by atoms with Gasteiger partial charge >= 0.3 is 0 Å². The molecule has 0 fully saturated rings. The second-order valence-electron chi connectivity index (χ2n) is 4.83. The first-order valence-electron chi connectivity index (χ1n) is 6.94. The summed E-state index contributed by atoms with van der Waals surface area (Å²) in [6, 6.07) is 0. The van der Waals surface area contributed by atoms with Crippen LogP contribution in [0.4, 0.5) is 0 Å². The van der Waals surface area contributed by atoms with Gasteiger partial charge in [-0.3, -0.25) is 15.8 Å². The standard InChI is InChI=1S/C14H22N6/c1-4-5-13-8-16-11(2)19-18-10-17-14(13)9-20-7-6-15-12(20)3/h6-7,10H,4-5,8-9H2,1-3H3,(H,16,19)(H,17,18)/b14-13-. The number of rotatable bonds is 4. The fourth-order valence-electron chi connectivity index (χ4n) is 2.09. The summed E-state index contributed by atoms with van der Waals surface area (Å²) in [4.78, 5) is 13.3. The maximum Gasteiger partial charge on any atom is 0.112 e. The summed E-state index contributed by atoms with van der Waals surface area (Å²) in [5.41, 5.74) is 8.25. The van der Waals surface area contributed by atoms with Gasteiger partial charge in [-0.15, -0.1) is 0 Å². The zero-order chi connectivity index (χ0) is 14.4. The third-order valence-corrected chi connectivity index (χ3v) is 3.25. The van der Waals surface area contributed by atoms with E-state index in [0.717, 1.165) is 36.7 Å². The fourth-order valence-corrected chi connectivity index (χ4v) is 2.09. The van der Waals surface area contributed by atoms with Crippen molar-refractivity contribution < 1.29 is 0 Å². The first-order chi connectivity index (χ1) is 9.70. The molecule has 2 heterocycles. The summed E-state index contributed by atoms with van der Waals surface area (Å²) < 4.78 is 2.10. The number of aryl methyl sites for hydroxylation is 1. The van der Waals surface area contributed by atoms with E-state index < -0.39 is 0 Å². The van der Waals surface area contributed by atoms with Gasteiger partial charge in [-0.2, -0.15) is 0 Å². The lowest BCUT2D eigenvalue weighted by Gasteiger charge is -2.11. The Kier molecular flexibility index (Phi) is 4.92. The fraction of sp³-hybridized carbons (Fsp3) is 0.500. The van der Waals surface area contributed by atoms with Gasteiger partial charge in [0.25, 0.3) is 0 Å². The van der Waals surface area contributed by atoms with Crippen molar-refractivity contribution in [2.24, 2.45) is 9.98 Å². The summed E-state index contributed by atoms with van der Waals surface area (Å²) in [6.45, 7) is 7.54. The zero-order valence-corrected chi connectivity index (χ0v) is 12.3. The number of hydrazine groups is 1. The summed E-state index contributed by atoms with van der Waals surface area (Å²) in [5.74, 6) is 1.86. The number of nitrogens with zero attached hydrogens (tertiary/aromatic N) is 4. The molecule has 6 nitrogen and oxygen atoms in total. The van der Waals surface area contributed by atoms with E-state index in [4.69, 9.17) is 0 Å². The highest BCUT2D eigenvalue weighted by molar-refractivity contribution is 5.80. The highest BCUT2D eigenvalue weighted by Gasteiger charge is 2.09. The van der Waals surface area contributed by atoms with Crippen LogP contribution >= 0.6 is 0 Å². The van der Waals surface area contributed by atoms with Crippen molar-refractivity contribution in [1.29, 1.82) is 0 Å². The number of imidazole rings is 1. The molecule has 0 aromatic carbocycles. The Balaban J connectivity index is 2.30. The molecule has 0 atom stereocenters. The number of amidine groups is 1. The molecule has 2 N–H and O–H groups in total. The Hall–Kier alpha value is -2.11. The smallest absolute Gasteiger partial charge is 0.112 e. The number of aromatic nitrogens is 2. The molecule has 1 aromatic heterocycles. The van der Waals surface area contributed by atoms with Crippen molar-refractivity contribution in [3.05, 3.63) is 29.5 Å². The normalized spacial score (nSPS) is 19.4. The lowest BCUT2D eigenvalue weighted by molar-refractivity contribution is 0.719. The molecule has 2 rings (SSSR count). The molecule has 0 aliphatic carbocycles. The highest BCUT2D eigenvalue weighted by atomic mass is 15.4. The second kappa shape index (κ2) is 6.88. The van der Waals surface area contributed by atoms with Gasteiger partial charge in [-0.1, -0.05) is 13.3 Å². The van der Waals surface area contributed by atoms with E-state index in [1.807, 2.05) is 26.2 Å². The first kappa shape index (κ1) is 14.3. The SMILES string of the molecule is CCC/C1=C(\Cn2ccnc2C)N=CNNC(C)=NC1. The molecule has 108 valence electrons. The van der Waals surface area contributed by atoms with Gasteiger partial charge in [-0.05, 0) is 25.8 Å². The third-order valence-electron chi connectivity index (χ3n) is 3.25. The topological polar surface area (TPSA) is 66.6 Å². The highest BCUT2D eigenvalue weighted by Crippen LogP contribution is 2.16. The lowest BCUT2D eigenvalue weighted by atomic mass is 10.1. The molecule has 0 saturated heterocycles. The van der Waals surface area contributed by atoms with Crippen molar-refractivity contribution in [1.82, 2.24) is 20.4 Å². The molecule has 0 amide bonds. The Bertz CT molecular complexity index is 538. The molecule has 1 aromatic rings. The Morgan fingerprint density at radius 1 is 1.35 bits per heavy atom. The average Bonchev–Trinajstić information content (AvgIpc) is 2.85. The first-order valence-corrected chi connectivity index (χ1v) is 6.94. The van der Waals surface area contributed by atoms with Crippen molar-refractivity contribution in [2.45, 2.75) is 40.2 Å². The molecule has 0 unspecified atom stereocenters. The summed E-state index contributed by atoms with van der Waals surface area (Å²) in [6.07, 6.45) is 7.58. The van der Waals surface area contributed by atoms with E-state index in [9.17, 15) is 0 Å². The largest absolute Gasteiger partial charge is 0.329 e. The number of hydrogen-bond donors (Lipinski definition) is 2. The molecule has 20 heavy (non-hydrogen) atoms. The number of aliphatic imine (C=N–C) groups is 2. The van der Waals surface area contributed by atoms with Crippen molar-refractivity contribution in [3.63, 3.8) is 0 Å². The van der Waals surface area contributed by atoms with E-state index in [1.165, 1.54) is 5.57 Å². The summed E-state index contributed by atoms with van der Waals surface area (Å²) in [7, 11) is 0. The maximum atomic E-state index is 4.55. The maximum absolute atomic E-state index is 4.55. The predicted octanol–water partition coefficient (Wildman–Crippen LogP) is 1.80. The van der Waals surface area contributed by atoms with Gasteiger partial charge < -0.3 is 4.57 Å². The second-order valence-corrected chi connectivity index (χ2v) is 4.83. The van der Waals surface area contributed by atoms with Gasteiger partial charge in [0, 0.05) is 12.4 Å². The van der Waals surface area contributed by atoms with Crippen molar-refractivity contribution in [3.8, 4) is 0 Å². The van der Waals surface area contributed by atoms with Crippen LogP contribution in [0.3, 0.4) is 0 Å². The molecule has 0 radical (unpaired) electrons. The molecule has 1 aliphatic rings. The third kappa shape index (κ3) is 3.69. The molecule has 1 aliphatic heterocycles. The summed E-state index contributed by atoms with van der Waals surface area (Å²) in [5, 5.41) is 0. The molecular formula is C14H22N6. The van der Waals surface area contributed by atoms with Gasteiger partial charge in [0.1, 0.15) is 18.0 Å². The average molecular weight is 274 g/mol. The van der Waals surface area contributed by atoms with Gasteiger partial charge in [0.15, 0.2) is 0 Å². The van der Waals surface area contributed by atoms with E-state index >= 15 is 0 Å². The Labute approximate surface area is 119 Å². The summed E-state index contributed by atoms with van der Waals surface area (Å²) >= 11 is 0. The van der Waals surface area contributed by atoms with E-state index in [-0.39, 0.29) is 0 Å². The van der Waals surface area contributed by atoms with Crippen LogP contribution < -0.4 is 10.9 Å². The van der Waals surface area contributed by atoms with Crippen LogP contribution in [0.2, 0.25) is 0 Å². The number of hydrogen-bond acceptors (Lipinski definition) is 5. The minimum absolute atomic E-state index is 0.689. The van der Waals surface area contributed by atoms with Crippen LogP contribution in [-0.2, 0) is 6.54 Å². The Morgan fingerprint density at radius 2 is 2.20 bits per heavy atom. The lowest BCUT2D eigenvalue weighted by Crippen LogP contribution is -2.34. The van der Waals surface area contributed by atoms with Crippen LogP contribution in [0, 0.1) is 6.92 Å². The molecule has 0 bridgehead atoms. The van der Waals surface area contributed by atoms with Crippen molar-refractivity contribution >= 4 is 12.2 Å². The van der Waals surface area contributed by atoms with Crippen LogP contribution in [0.25, 0.3) is 0 Å². The Morgan fingerprint density at radius 3 is 2.90 bits per heavy atom. The van der Waals surface area contributed by atoms with Crippen LogP contribution in [0.15, 0.2) is 33.6 Å². The van der Waals surface area contributed by atoms with Gasteiger partial charge in [0.05, 0.1) is 18.8 Å². The van der Waals surface area contributed by atoms with Gasteiger partial charge in [0.2, 0.25) is 0 Å². The minimum Gasteiger partial charge on any atom is -0.329 e. The van der Waals surface area contributed by atoms with E-state index in [0.29, 0.717) is 6.54 Å². The monoisotopic (exact) mass is 274 g/mol. The van der Waals surface area contributed by atoms with Crippen LogP contribution in [0.5, 0.6) is 0 Å². The number of allylic oxidation sites excluding steroid dienone is 1. The van der Waals surface area contributed by atoms with E-state index in [1.54, 1.807) is 6.34 Å². The number of nitrogens with one attached hydrogen (secondary N) is 2. The zero-order valence-electron chi connectivity index (χ0n) is 12.3. The van der Waals surface area contributed by atoms with Crippen molar-refractivity contribution in [2.75, 3.05) is 6.54 Å². The molecule has 0 saturated carbocycles. The van der Waals surface area contributed by atoms with Crippen LogP contribution in [-0.4, -0.2) is 28.3 Å². The molecule has 6 heteroatoms. The molecule has 0 spiro atoms. The minimum atomic E-state index is 0.689. The quantitative estimate of drug-likeness (QED) is 0.880. The predicted molar refractivity (Wildman–Crippen MR) is 81.6 cm³/mol. The molecular weight excluding hydrogens is 252 g/mol.